The summed E-state index contributed by atoms with van der Waals surface area (Å²) in [7, 11) is 0. The molecule has 0 bridgehead atoms. The fourth-order valence-electron chi connectivity index (χ4n) is 3.02. The third kappa shape index (κ3) is 1.56. The summed E-state index contributed by atoms with van der Waals surface area (Å²) in [6.07, 6.45) is 8.23. The zero-order valence-corrected chi connectivity index (χ0v) is 9.09. The second-order valence-electron chi connectivity index (χ2n) is 4.38. The van der Waals surface area contributed by atoms with Crippen molar-refractivity contribution in [3.05, 3.63) is 0 Å². The fourth-order valence-corrected chi connectivity index (χ4v) is 4.17. The molecule has 0 saturated heterocycles. The molecule has 0 aromatic heterocycles. The largest absolute Gasteiger partial charge is 0.327 e. The Labute approximate surface area is 83.2 Å². The maximum Gasteiger partial charge on any atom is 0.0191 e. The van der Waals surface area contributed by atoms with Crippen molar-refractivity contribution in [2.45, 2.75) is 49.4 Å². The molecular formula is C10H18BrN. The van der Waals surface area contributed by atoms with Crippen LogP contribution in [0.15, 0.2) is 0 Å². The number of fused-ring (bicyclic) bond motifs is 1. The molecule has 2 aliphatic rings. The Bertz CT molecular complexity index is 144. The van der Waals surface area contributed by atoms with Crippen LogP contribution >= 0.6 is 15.9 Å². The number of hydrogen-bond donors (Lipinski definition) is 1. The van der Waals surface area contributed by atoms with E-state index in [0.29, 0.717) is 10.9 Å². The molecule has 2 rings (SSSR count). The Morgan fingerprint density at radius 3 is 2.33 bits per heavy atom. The molecule has 12 heavy (non-hydrogen) atoms. The first-order valence-electron chi connectivity index (χ1n) is 5.18. The van der Waals surface area contributed by atoms with Crippen LogP contribution in [0.4, 0.5) is 0 Å². The summed E-state index contributed by atoms with van der Waals surface area (Å²) in [5.41, 5.74) is 6.15. The zero-order valence-electron chi connectivity index (χ0n) is 7.51. The first kappa shape index (κ1) is 9.01. The highest BCUT2D eigenvalue weighted by Gasteiger charge is 2.37. The van der Waals surface area contributed by atoms with Crippen LogP contribution in [0.25, 0.3) is 0 Å². The molecule has 2 aliphatic carbocycles. The number of hydrogen-bond acceptors (Lipinski definition) is 1. The maximum absolute atomic E-state index is 6.15. The Hall–Kier alpha value is 0.440. The van der Waals surface area contributed by atoms with Gasteiger partial charge in [0.1, 0.15) is 0 Å². The van der Waals surface area contributed by atoms with Crippen molar-refractivity contribution in [3.8, 4) is 0 Å². The average molecular weight is 232 g/mol. The Morgan fingerprint density at radius 2 is 1.67 bits per heavy atom. The molecule has 0 radical (unpaired) electrons. The van der Waals surface area contributed by atoms with E-state index in [1.165, 1.54) is 38.5 Å². The van der Waals surface area contributed by atoms with Gasteiger partial charge < -0.3 is 5.73 Å². The number of halogens is 1. The van der Waals surface area contributed by atoms with Crippen molar-refractivity contribution in [2.24, 2.45) is 17.6 Å². The van der Waals surface area contributed by atoms with Gasteiger partial charge in [0.05, 0.1) is 0 Å². The van der Waals surface area contributed by atoms with E-state index in [-0.39, 0.29) is 0 Å². The minimum Gasteiger partial charge on any atom is -0.327 e. The lowest BCUT2D eigenvalue weighted by atomic mass is 9.68. The highest BCUT2D eigenvalue weighted by Crippen LogP contribution is 2.42. The maximum atomic E-state index is 6.15. The zero-order chi connectivity index (χ0) is 8.55. The first-order valence-corrected chi connectivity index (χ1v) is 6.10. The monoisotopic (exact) mass is 231 g/mol. The molecule has 2 heteroatoms. The van der Waals surface area contributed by atoms with E-state index in [1.54, 1.807) is 0 Å². The van der Waals surface area contributed by atoms with Crippen molar-refractivity contribution in [1.29, 1.82) is 0 Å². The highest BCUT2D eigenvalue weighted by molar-refractivity contribution is 9.09. The van der Waals surface area contributed by atoms with Crippen LogP contribution in [0.5, 0.6) is 0 Å². The molecule has 2 saturated carbocycles. The van der Waals surface area contributed by atoms with Gasteiger partial charge in [-0.25, -0.2) is 0 Å². The van der Waals surface area contributed by atoms with Crippen LogP contribution in [0.2, 0.25) is 0 Å². The molecule has 0 spiro atoms. The summed E-state index contributed by atoms with van der Waals surface area (Å²) in [6, 6.07) is 0.480. The third-order valence-corrected chi connectivity index (χ3v) is 4.69. The minimum atomic E-state index is 0.480. The fraction of sp³-hybridized carbons (Fsp3) is 1.00. The molecule has 0 aromatic rings. The predicted octanol–water partition coefficient (Wildman–Crippen LogP) is 2.68. The lowest BCUT2D eigenvalue weighted by Gasteiger charge is -2.42. The summed E-state index contributed by atoms with van der Waals surface area (Å²) < 4.78 is 0. The lowest BCUT2D eigenvalue weighted by molar-refractivity contribution is 0.155. The average Bonchev–Trinajstić information content (AvgIpc) is 2.04. The van der Waals surface area contributed by atoms with Gasteiger partial charge in [-0.15, -0.1) is 0 Å². The molecule has 70 valence electrons. The summed E-state index contributed by atoms with van der Waals surface area (Å²) in [4.78, 5) is 0.714. The molecule has 4 atom stereocenters. The van der Waals surface area contributed by atoms with Gasteiger partial charge in [-0.05, 0) is 24.7 Å². The third-order valence-electron chi connectivity index (χ3n) is 3.62. The van der Waals surface area contributed by atoms with Gasteiger partial charge in [0.2, 0.25) is 0 Å². The van der Waals surface area contributed by atoms with Gasteiger partial charge in [-0.3, -0.25) is 0 Å². The molecule has 0 amide bonds. The van der Waals surface area contributed by atoms with E-state index in [4.69, 9.17) is 5.73 Å². The van der Waals surface area contributed by atoms with Gasteiger partial charge >= 0.3 is 0 Å². The molecule has 1 nitrogen and oxygen atoms in total. The normalized spacial score (nSPS) is 48.5. The molecular weight excluding hydrogens is 214 g/mol. The van der Waals surface area contributed by atoms with Crippen molar-refractivity contribution >= 4 is 15.9 Å². The van der Waals surface area contributed by atoms with Crippen molar-refractivity contribution in [3.63, 3.8) is 0 Å². The molecule has 2 N–H and O–H groups in total. The van der Waals surface area contributed by atoms with E-state index < -0.39 is 0 Å². The smallest absolute Gasteiger partial charge is 0.0191 e. The summed E-state index contributed by atoms with van der Waals surface area (Å²) in [6.45, 7) is 0. The molecule has 0 aliphatic heterocycles. The standard InChI is InChI=1S/C10H18BrN/c11-8-5-1-3-7-4-2-6-9(12)10(7)8/h7-10H,1-6,12H2. The second-order valence-corrected chi connectivity index (χ2v) is 5.56. The van der Waals surface area contributed by atoms with Crippen molar-refractivity contribution in [1.82, 2.24) is 0 Å². The SMILES string of the molecule is NC1CCCC2CCCC(Br)C12. The predicted molar refractivity (Wildman–Crippen MR) is 55.4 cm³/mol. The van der Waals surface area contributed by atoms with Gasteiger partial charge in [-0.2, -0.15) is 0 Å². The van der Waals surface area contributed by atoms with Gasteiger partial charge in [0, 0.05) is 10.9 Å². The van der Waals surface area contributed by atoms with E-state index in [1.807, 2.05) is 0 Å². The highest BCUT2D eigenvalue weighted by atomic mass is 79.9. The molecule has 4 unspecified atom stereocenters. The van der Waals surface area contributed by atoms with Crippen LogP contribution in [-0.4, -0.2) is 10.9 Å². The van der Waals surface area contributed by atoms with Crippen LogP contribution in [-0.2, 0) is 0 Å². The molecule has 2 fully saturated rings. The summed E-state index contributed by atoms with van der Waals surface area (Å²) >= 11 is 3.79. The molecule has 0 heterocycles. The Balaban J connectivity index is 2.07. The minimum absolute atomic E-state index is 0.480. The second kappa shape index (κ2) is 3.67. The number of nitrogens with two attached hydrogens (primary N) is 1. The quantitative estimate of drug-likeness (QED) is 0.638. The van der Waals surface area contributed by atoms with Crippen LogP contribution < -0.4 is 5.73 Å². The number of alkyl halides is 1. The topological polar surface area (TPSA) is 26.0 Å². The van der Waals surface area contributed by atoms with E-state index >= 15 is 0 Å². The van der Waals surface area contributed by atoms with E-state index in [2.05, 4.69) is 15.9 Å². The van der Waals surface area contributed by atoms with Gasteiger partial charge in [0.25, 0.3) is 0 Å². The van der Waals surface area contributed by atoms with Crippen LogP contribution in [0, 0.1) is 11.8 Å². The van der Waals surface area contributed by atoms with Gasteiger partial charge in [0.15, 0.2) is 0 Å². The van der Waals surface area contributed by atoms with Crippen molar-refractivity contribution in [2.75, 3.05) is 0 Å². The summed E-state index contributed by atoms with van der Waals surface area (Å²) in [5.74, 6) is 1.72. The van der Waals surface area contributed by atoms with E-state index in [0.717, 1.165) is 11.8 Å². The first-order chi connectivity index (χ1) is 5.79. The lowest BCUT2D eigenvalue weighted by Crippen LogP contribution is -2.45. The van der Waals surface area contributed by atoms with Crippen LogP contribution in [0.3, 0.4) is 0 Å². The van der Waals surface area contributed by atoms with Crippen molar-refractivity contribution < 1.29 is 0 Å². The summed E-state index contributed by atoms with van der Waals surface area (Å²) in [5, 5.41) is 0. The molecule has 0 aromatic carbocycles. The Morgan fingerprint density at radius 1 is 1.00 bits per heavy atom. The number of rotatable bonds is 0. The van der Waals surface area contributed by atoms with Crippen LogP contribution in [0.1, 0.15) is 38.5 Å². The van der Waals surface area contributed by atoms with Gasteiger partial charge in [-0.1, -0.05) is 41.6 Å². The van der Waals surface area contributed by atoms with E-state index in [9.17, 15) is 0 Å². The Kier molecular flexibility index (Phi) is 2.75.